The van der Waals surface area contributed by atoms with Crippen LogP contribution in [-0.2, 0) is 10.0 Å². The van der Waals surface area contributed by atoms with Crippen molar-refractivity contribution in [3.63, 3.8) is 0 Å². The van der Waals surface area contributed by atoms with Crippen LogP contribution in [0.2, 0.25) is 0 Å². The normalized spacial score (nSPS) is 16.8. The first-order valence-electron chi connectivity index (χ1n) is 10.7. The summed E-state index contributed by atoms with van der Waals surface area (Å²) in [6, 6.07) is 9.85. The van der Waals surface area contributed by atoms with Crippen LogP contribution in [0.25, 0.3) is 11.4 Å². The molecule has 0 radical (unpaired) electrons. The number of nitrogens with one attached hydrogen (secondary N) is 1. The van der Waals surface area contributed by atoms with E-state index in [0.29, 0.717) is 18.2 Å². The second-order valence-electron chi connectivity index (χ2n) is 9.12. The van der Waals surface area contributed by atoms with Gasteiger partial charge in [-0.3, -0.25) is 4.31 Å². The van der Waals surface area contributed by atoms with E-state index in [4.69, 9.17) is 0 Å². The highest BCUT2D eigenvalue weighted by molar-refractivity contribution is 7.93. The average molecular weight is 476 g/mol. The maximum absolute atomic E-state index is 14.6. The van der Waals surface area contributed by atoms with Crippen LogP contribution in [-0.4, -0.2) is 41.8 Å². The fraction of sp³-hybridized carbons (Fsp3) is 0.391. The molecule has 33 heavy (non-hydrogen) atoms. The molecule has 7 nitrogen and oxygen atoms in total. The summed E-state index contributed by atoms with van der Waals surface area (Å²) >= 11 is 0. The molecule has 1 aliphatic heterocycles. The Kier molecular flexibility index (Phi) is 6.00. The number of rotatable bonds is 5. The number of benzene rings is 2. The van der Waals surface area contributed by atoms with Gasteiger partial charge < -0.3 is 9.88 Å². The molecule has 1 atom stereocenters. The van der Waals surface area contributed by atoms with Gasteiger partial charge in [-0.05, 0) is 58.9 Å². The molecule has 0 saturated carbocycles. The van der Waals surface area contributed by atoms with Crippen molar-refractivity contribution in [2.45, 2.75) is 50.6 Å². The van der Waals surface area contributed by atoms with E-state index in [2.05, 4.69) is 15.5 Å². The van der Waals surface area contributed by atoms with Crippen LogP contribution in [0.4, 0.5) is 14.5 Å². The third-order valence-electron chi connectivity index (χ3n) is 5.65. The summed E-state index contributed by atoms with van der Waals surface area (Å²) in [6.07, 6.45) is 0.816. The molecule has 2 heterocycles. The van der Waals surface area contributed by atoms with Gasteiger partial charge in [0.2, 0.25) is 0 Å². The average Bonchev–Trinajstić information content (AvgIpc) is 3.39. The van der Waals surface area contributed by atoms with E-state index < -0.39 is 27.2 Å². The maximum atomic E-state index is 14.6. The van der Waals surface area contributed by atoms with Crippen LogP contribution in [0.3, 0.4) is 0 Å². The SMILES string of the molecule is Cc1nnc(-c2cc(F)c(F)cc2N(C(C)(C)C)S(=O)(=O)c2ccccc2)n1[C@H]1CCNC1. The highest BCUT2D eigenvalue weighted by Gasteiger charge is 2.38. The van der Waals surface area contributed by atoms with Crippen molar-refractivity contribution in [1.29, 1.82) is 0 Å². The zero-order chi connectivity index (χ0) is 24.0. The fourth-order valence-corrected chi connectivity index (χ4v) is 6.13. The van der Waals surface area contributed by atoms with E-state index in [1.807, 2.05) is 4.57 Å². The van der Waals surface area contributed by atoms with Crippen LogP contribution in [0.5, 0.6) is 0 Å². The van der Waals surface area contributed by atoms with E-state index in [0.717, 1.165) is 29.4 Å². The topological polar surface area (TPSA) is 80.1 Å². The van der Waals surface area contributed by atoms with Gasteiger partial charge in [0, 0.05) is 23.7 Å². The van der Waals surface area contributed by atoms with E-state index >= 15 is 0 Å². The second-order valence-corrected chi connectivity index (χ2v) is 10.9. The smallest absolute Gasteiger partial charge is 0.264 e. The van der Waals surface area contributed by atoms with Crippen molar-refractivity contribution in [3.05, 3.63) is 59.9 Å². The van der Waals surface area contributed by atoms with E-state index in [9.17, 15) is 17.2 Å². The molecular weight excluding hydrogens is 448 g/mol. The molecule has 0 unspecified atom stereocenters. The first-order chi connectivity index (χ1) is 15.5. The Hall–Kier alpha value is -2.85. The number of sulfonamides is 1. The lowest BCUT2D eigenvalue weighted by molar-refractivity contribution is 0.504. The van der Waals surface area contributed by atoms with Crippen molar-refractivity contribution in [1.82, 2.24) is 20.1 Å². The van der Waals surface area contributed by atoms with Crippen molar-refractivity contribution in [2.75, 3.05) is 17.4 Å². The van der Waals surface area contributed by atoms with Gasteiger partial charge in [0.1, 0.15) is 5.82 Å². The van der Waals surface area contributed by atoms with Gasteiger partial charge in [0.15, 0.2) is 17.5 Å². The monoisotopic (exact) mass is 475 g/mol. The summed E-state index contributed by atoms with van der Waals surface area (Å²) in [5.74, 6) is -1.32. The minimum Gasteiger partial charge on any atom is -0.315 e. The van der Waals surface area contributed by atoms with Gasteiger partial charge in [-0.25, -0.2) is 17.2 Å². The number of hydrogen-bond donors (Lipinski definition) is 1. The van der Waals surface area contributed by atoms with Crippen LogP contribution >= 0.6 is 0 Å². The standard InChI is InChI=1S/C23H27F2N5O2S/c1-15-27-28-22(29(15)16-10-11-26-14-16)18-12-19(24)20(25)13-21(18)30(23(2,3)4)33(31,32)17-8-6-5-7-9-17/h5-9,12-13,16,26H,10-11,14H2,1-4H3/t16-/m0/s1. The molecule has 1 fully saturated rings. The van der Waals surface area contributed by atoms with Crippen molar-refractivity contribution in [2.24, 2.45) is 0 Å². The quantitative estimate of drug-likeness (QED) is 0.602. The van der Waals surface area contributed by atoms with E-state index in [1.165, 1.54) is 12.1 Å². The van der Waals surface area contributed by atoms with E-state index in [1.54, 1.807) is 45.9 Å². The summed E-state index contributed by atoms with van der Waals surface area (Å²) in [6.45, 7) is 8.38. The maximum Gasteiger partial charge on any atom is 0.264 e. The molecule has 1 aliphatic rings. The molecule has 3 aromatic rings. The lowest BCUT2D eigenvalue weighted by atomic mass is 10.0. The zero-order valence-electron chi connectivity index (χ0n) is 19.0. The highest BCUT2D eigenvalue weighted by Crippen LogP contribution is 2.40. The fourth-order valence-electron chi connectivity index (χ4n) is 4.28. The summed E-state index contributed by atoms with van der Waals surface area (Å²) in [5.41, 5.74) is -0.830. The van der Waals surface area contributed by atoms with Gasteiger partial charge in [-0.2, -0.15) is 0 Å². The van der Waals surface area contributed by atoms with Gasteiger partial charge >= 0.3 is 0 Å². The molecule has 10 heteroatoms. The molecular formula is C23H27F2N5O2S. The van der Waals surface area contributed by atoms with Gasteiger partial charge in [-0.15, -0.1) is 10.2 Å². The molecule has 0 aliphatic carbocycles. The molecule has 4 rings (SSSR count). The van der Waals surface area contributed by atoms with E-state index in [-0.39, 0.29) is 22.2 Å². The first kappa shape index (κ1) is 23.3. The number of anilines is 1. The molecule has 1 aromatic heterocycles. The number of hydrogen-bond acceptors (Lipinski definition) is 5. The molecule has 1 N–H and O–H groups in total. The first-order valence-corrected chi connectivity index (χ1v) is 12.2. The van der Waals surface area contributed by atoms with Crippen molar-refractivity contribution < 1.29 is 17.2 Å². The Morgan fingerprint density at radius 1 is 1.09 bits per heavy atom. The van der Waals surface area contributed by atoms with Gasteiger partial charge in [0.05, 0.1) is 16.6 Å². The highest BCUT2D eigenvalue weighted by atomic mass is 32.2. The van der Waals surface area contributed by atoms with Crippen LogP contribution in [0, 0.1) is 18.6 Å². The molecule has 0 amide bonds. The molecule has 1 saturated heterocycles. The Morgan fingerprint density at radius 3 is 2.36 bits per heavy atom. The Balaban J connectivity index is 1.99. The summed E-state index contributed by atoms with van der Waals surface area (Å²) < 4.78 is 59.6. The minimum atomic E-state index is -4.12. The van der Waals surface area contributed by atoms with Gasteiger partial charge in [-0.1, -0.05) is 18.2 Å². The second kappa shape index (κ2) is 8.49. The minimum absolute atomic E-state index is 0.00450. The largest absolute Gasteiger partial charge is 0.315 e. The van der Waals surface area contributed by atoms with Crippen molar-refractivity contribution >= 4 is 15.7 Å². The molecule has 2 aromatic carbocycles. The lowest BCUT2D eigenvalue weighted by Crippen LogP contribution is -2.46. The molecule has 176 valence electrons. The predicted octanol–water partition coefficient (Wildman–Crippen LogP) is 4.06. The van der Waals surface area contributed by atoms with Gasteiger partial charge in [0.25, 0.3) is 10.0 Å². The number of halogens is 2. The lowest BCUT2D eigenvalue weighted by Gasteiger charge is -2.37. The number of aromatic nitrogens is 3. The zero-order valence-corrected chi connectivity index (χ0v) is 19.8. The Bertz CT molecular complexity index is 1260. The molecule has 0 bridgehead atoms. The number of nitrogens with zero attached hydrogens (tertiary/aromatic N) is 4. The summed E-state index contributed by atoms with van der Waals surface area (Å²) in [4.78, 5) is 0.0493. The third kappa shape index (κ3) is 4.24. The number of aryl methyl sites for hydroxylation is 1. The van der Waals surface area contributed by atoms with Crippen LogP contribution < -0.4 is 9.62 Å². The third-order valence-corrected chi connectivity index (χ3v) is 7.75. The summed E-state index contributed by atoms with van der Waals surface area (Å²) in [7, 11) is -4.12. The van der Waals surface area contributed by atoms with Crippen molar-refractivity contribution in [3.8, 4) is 11.4 Å². The van der Waals surface area contributed by atoms with Crippen LogP contribution in [0.1, 0.15) is 39.1 Å². The Morgan fingerprint density at radius 2 is 1.76 bits per heavy atom. The predicted molar refractivity (Wildman–Crippen MR) is 122 cm³/mol. The van der Waals surface area contributed by atoms with Crippen LogP contribution in [0.15, 0.2) is 47.4 Å². The summed E-state index contributed by atoms with van der Waals surface area (Å²) in [5, 5.41) is 11.7. The Labute approximate surface area is 192 Å². The molecule has 0 spiro atoms.